The maximum Gasteiger partial charge on any atom is 0.303 e. The lowest BCUT2D eigenvalue weighted by molar-refractivity contribution is -0.137. The molecule has 0 bridgehead atoms. The number of carboxylic acids is 1. The second-order valence-electron chi connectivity index (χ2n) is 2.91. The van der Waals surface area contributed by atoms with Crippen LogP contribution in [0.25, 0.3) is 0 Å². The highest BCUT2D eigenvalue weighted by molar-refractivity contribution is 5.74. The minimum absolute atomic E-state index is 0.255. The van der Waals surface area contributed by atoms with Crippen LogP contribution in [-0.2, 0) is 9.59 Å². The molecule has 3 heteroatoms. The molecule has 1 N–H and O–H groups in total. The summed E-state index contributed by atoms with van der Waals surface area (Å²) in [5, 5.41) is 8.14. The Bertz CT molecular complexity index is 141. The Labute approximate surface area is 80.1 Å². The van der Waals surface area contributed by atoms with E-state index in [9.17, 15) is 9.59 Å². The number of rotatable bonds is 5. The van der Waals surface area contributed by atoms with Crippen molar-refractivity contribution in [2.24, 2.45) is 0 Å². The van der Waals surface area contributed by atoms with Crippen molar-refractivity contribution in [2.75, 3.05) is 0 Å². The number of unbranched alkanes of at least 4 members (excludes halogenated alkanes) is 2. The maximum absolute atomic E-state index is 9.87. The molecular formula is C10H20O3. The van der Waals surface area contributed by atoms with Crippen LogP contribution in [0.5, 0.6) is 0 Å². The molecule has 0 heterocycles. The second-order valence-corrected chi connectivity index (χ2v) is 2.91. The summed E-state index contributed by atoms with van der Waals surface area (Å²) < 4.78 is 0. The van der Waals surface area contributed by atoms with E-state index < -0.39 is 5.97 Å². The van der Waals surface area contributed by atoms with Gasteiger partial charge in [-0.3, -0.25) is 4.79 Å². The van der Waals surface area contributed by atoms with Crippen molar-refractivity contribution >= 4 is 11.8 Å². The second kappa shape index (κ2) is 11.1. The van der Waals surface area contributed by atoms with Crippen LogP contribution in [0.1, 0.15) is 52.9 Å². The number of hydrogen-bond donors (Lipinski definition) is 1. The molecule has 0 spiro atoms. The predicted molar refractivity (Wildman–Crippen MR) is 52.7 cm³/mol. The van der Waals surface area contributed by atoms with Crippen LogP contribution >= 0.6 is 0 Å². The van der Waals surface area contributed by atoms with E-state index >= 15 is 0 Å². The largest absolute Gasteiger partial charge is 0.481 e. The van der Waals surface area contributed by atoms with Crippen molar-refractivity contribution in [2.45, 2.75) is 52.9 Å². The molecule has 13 heavy (non-hydrogen) atoms. The summed E-state index contributed by atoms with van der Waals surface area (Å²) in [4.78, 5) is 19.7. The normalized spacial score (nSPS) is 8.54. The van der Waals surface area contributed by atoms with Crippen molar-refractivity contribution in [3.8, 4) is 0 Å². The van der Waals surface area contributed by atoms with E-state index in [1.807, 2.05) is 6.92 Å². The summed E-state index contributed by atoms with van der Waals surface area (Å²) in [6.45, 7) is 5.49. The molecule has 0 unspecified atom stereocenters. The highest BCUT2D eigenvalue weighted by Crippen LogP contribution is 1.97. The number of aliphatic carboxylic acids is 1. The summed E-state index contributed by atoms with van der Waals surface area (Å²) in [5.74, 6) is -0.427. The fraction of sp³-hybridized carbons (Fsp3) is 0.800. The Hall–Kier alpha value is -0.860. The number of carboxylic acid groups (broad SMARTS) is 1. The topological polar surface area (TPSA) is 54.4 Å². The van der Waals surface area contributed by atoms with E-state index in [1.165, 1.54) is 0 Å². The van der Waals surface area contributed by atoms with Crippen molar-refractivity contribution in [1.82, 2.24) is 0 Å². The number of Topliss-reactive ketones (excluding diaryl/α,β-unsaturated/α-hetero) is 1. The van der Waals surface area contributed by atoms with E-state index in [1.54, 1.807) is 6.92 Å². The van der Waals surface area contributed by atoms with E-state index in [2.05, 4.69) is 6.92 Å². The zero-order chi connectivity index (χ0) is 10.7. The van der Waals surface area contributed by atoms with E-state index in [0.717, 1.165) is 19.3 Å². The van der Waals surface area contributed by atoms with Gasteiger partial charge in [0.25, 0.3) is 0 Å². The molecule has 0 saturated heterocycles. The van der Waals surface area contributed by atoms with E-state index in [4.69, 9.17) is 5.11 Å². The quantitative estimate of drug-likeness (QED) is 0.675. The summed E-state index contributed by atoms with van der Waals surface area (Å²) in [6, 6.07) is 0. The molecule has 0 radical (unpaired) electrons. The van der Waals surface area contributed by atoms with Crippen LogP contribution in [0.15, 0.2) is 0 Å². The fourth-order valence-electron chi connectivity index (χ4n) is 0.526. The fourth-order valence-corrected chi connectivity index (χ4v) is 0.526. The van der Waals surface area contributed by atoms with Gasteiger partial charge in [-0.15, -0.1) is 0 Å². The average Bonchev–Trinajstić information content (AvgIpc) is 2.05. The molecular weight excluding hydrogens is 168 g/mol. The highest BCUT2D eigenvalue weighted by Gasteiger charge is 1.92. The Morgan fingerprint density at radius 3 is 1.85 bits per heavy atom. The van der Waals surface area contributed by atoms with Gasteiger partial charge >= 0.3 is 5.97 Å². The monoisotopic (exact) mass is 188 g/mol. The lowest BCUT2D eigenvalue weighted by Crippen LogP contribution is -1.92. The molecule has 0 saturated carbocycles. The van der Waals surface area contributed by atoms with Gasteiger partial charge in [0.2, 0.25) is 0 Å². The molecule has 0 aromatic heterocycles. The number of ketones is 1. The average molecular weight is 188 g/mol. The Kier molecular flexibility index (Phi) is 12.6. The number of carbonyl (C=O) groups is 2. The molecule has 78 valence electrons. The first-order valence-electron chi connectivity index (χ1n) is 4.75. The molecule has 0 aliphatic heterocycles. The first kappa shape index (κ1) is 14.7. The molecule has 0 aromatic carbocycles. The van der Waals surface area contributed by atoms with Gasteiger partial charge < -0.3 is 9.90 Å². The zero-order valence-corrected chi connectivity index (χ0v) is 8.80. The molecule has 3 nitrogen and oxygen atoms in total. The molecule has 0 aliphatic rings. The Morgan fingerprint density at radius 2 is 1.62 bits per heavy atom. The number of hydrogen-bond acceptors (Lipinski definition) is 2. The standard InChI is InChI=1S/C6H12O2.C4H8O/c1-2-3-4-5-6(7)8;1-3-4(2)5/h2-5H2,1H3,(H,7,8);3H2,1-2H3. The van der Waals surface area contributed by atoms with Gasteiger partial charge in [-0.25, -0.2) is 0 Å². The predicted octanol–water partition coefficient (Wildman–Crippen LogP) is 2.64. The molecule has 0 aliphatic carbocycles. The summed E-state index contributed by atoms with van der Waals surface area (Å²) >= 11 is 0. The van der Waals surface area contributed by atoms with Crippen LogP contribution in [0.4, 0.5) is 0 Å². The van der Waals surface area contributed by atoms with Gasteiger partial charge in [0.1, 0.15) is 5.78 Å². The summed E-state index contributed by atoms with van der Waals surface area (Å²) in [6.07, 6.45) is 3.94. The number of carbonyl (C=O) groups excluding carboxylic acids is 1. The molecule has 0 amide bonds. The van der Waals surface area contributed by atoms with E-state index in [-0.39, 0.29) is 5.78 Å². The third-order valence-corrected chi connectivity index (χ3v) is 1.49. The van der Waals surface area contributed by atoms with Gasteiger partial charge in [-0.2, -0.15) is 0 Å². The first-order chi connectivity index (χ1) is 6.04. The van der Waals surface area contributed by atoms with E-state index in [0.29, 0.717) is 12.8 Å². The Balaban J connectivity index is 0. The lowest BCUT2D eigenvalue weighted by Gasteiger charge is -1.89. The van der Waals surface area contributed by atoms with Crippen molar-refractivity contribution in [3.63, 3.8) is 0 Å². The smallest absolute Gasteiger partial charge is 0.303 e. The van der Waals surface area contributed by atoms with Gasteiger partial charge in [0, 0.05) is 12.8 Å². The first-order valence-corrected chi connectivity index (χ1v) is 4.75. The van der Waals surface area contributed by atoms with Crippen molar-refractivity contribution in [1.29, 1.82) is 0 Å². The molecule has 0 aromatic rings. The summed E-state index contributed by atoms with van der Waals surface area (Å²) in [5.41, 5.74) is 0. The molecule has 0 fully saturated rings. The lowest BCUT2D eigenvalue weighted by atomic mass is 10.2. The van der Waals surface area contributed by atoms with Crippen LogP contribution in [0.2, 0.25) is 0 Å². The minimum Gasteiger partial charge on any atom is -0.481 e. The summed E-state index contributed by atoms with van der Waals surface area (Å²) in [7, 11) is 0. The molecule has 0 atom stereocenters. The van der Waals surface area contributed by atoms with Crippen LogP contribution in [0, 0.1) is 0 Å². The maximum atomic E-state index is 9.87. The van der Waals surface area contributed by atoms with Gasteiger partial charge in [-0.1, -0.05) is 26.7 Å². The Morgan fingerprint density at radius 1 is 1.15 bits per heavy atom. The minimum atomic E-state index is -0.682. The SMILES string of the molecule is CCC(C)=O.CCCCCC(=O)O. The molecule has 0 rings (SSSR count). The third-order valence-electron chi connectivity index (χ3n) is 1.49. The third kappa shape index (κ3) is 24.7. The van der Waals surface area contributed by atoms with Crippen LogP contribution in [0.3, 0.4) is 0 Å². The highest BCUT2D eigenvalue weighted by atomic mass is 16.4. The van der Waals surface area contributed by atoms with Gasteiger partial charge in [0.15, 0.2) is 0 Å². The van der Waals surface area contributed by atoms with Gasteiger partial charge in [0.05, 0.1) is 0 Å². The van der Waals surface area contributed by atoms with Crippen molar-refractivity contribution in [3.05, 3.63) is 0 Å². The van der Waals surface area contributed by atoms with Crippen molar-refractivity contribution < 1.29 is 14.7 Å². The zero-order valence-electron chi connectivity index (χ0n) is 8.80. The van der Waals surface area contributed by atoms with Crippen LogP contribution < -0.4 is 0 Å². The van der Waals surface area contributed by atoms with Gasteiger partial charge in [-0.05, 0) is 13.3 Å². The van der Waals surface area contributed by atoms with Crippen LogP contribution in [-0.4, -0.2) is 16.9 Å².